The van der Waals surface area contributed by atoms with Crippen LogP contribution >= 0.6 is 11.8 Å². The highest BCUT2D eigenvalue weighted by Gasteiger charge is 2.47. The molecule has 1 amide bonds. The summed E-state index contributed by atoms with van der Waals surface area (Å²) in [7, 11) is 1.37. The third-order valence-corrected chi connectivity index (χ3v) is 4.77. The number of rotatable bonds is 7. The lowest BCUT2D eigenvalue weighted by molar-refractivity contribution is -0.198. The van der Waals surface area contributed by atoms with E-state index < -0.39 is 47.9 Å². The van der Waals surface area contributed by atoms with Crippen molar-refractivity contribution in [2.24, 2.45) is 5.73 Å². The van der Waals surface area contributed by atoms with E-state index in [1.54, 1.807) is 0 Å². The number of carboxylic acid groups (broad SMARTS) is 1. The third-order valence-electron chi connectivity index (χ3n) is 3.49. The van der Waals surface area contributed by atoms with Gasteiger partial charge in [0.2, 0.25) is 5.91 Å². The number of amides is 1. The number of nitrogens with one attached hydrogen (secondary N) is 1. The summed E-state index contributed by atoms with van der Waals surface area (Å²) in [5, 5.41) is 31.7. The zero-order chi connectivity index (χ0) is 17.7. The topological polar surface area (TPSA) is 151 Å². The molecule has 1 aliphatic rings. The summed E-state index contributed by atoms with van der Waals surface area (Å²) < 4.78 is 10.9. The molecule has 0 aromatic carbocycles. The van der Waals surface area contributed by atoms with E-state index in [1.165, 1.54) is 21.0 Å². The molecule has 7 unspecified atom stereocenters. The van der Waals surface area contributed by atoms with Crippen molar-refractivity contribution in [3.8, 4) is 0 Å². The summed E-state index contributed by atoms with van der Waals surface area (Å²) in [6, 6.07) is -1.93. The number of carbonyl (C=O) groups is 2. The van der Waals surface area contributed by atoms with Gasteiger partial charge in [-0.25, -0.2) is 0 Å². The molecular weight excluding hydrogens is 328 g/mol. The minimum absolute atomic E-state index is 0.0208. The molecular formula is C13H24N2O7S. The van der Waals surface area contributed by atoms with Crippen molar-refractivity contribution in [1.29, 1.82) is 0 Å². The van der Waals surface area contributed by atoms with Gasteiger partial charge in [0.1, 0.15) is 29.8 Å². The molecule has 1 heterocycles. The van der Waals surface area contributed by atoms with Gasteiger partial charge in [-0.1, -0.05) is 0 Å². The van der Waals surface area contributed by atoms with Gasteiger partial charge in [0, 0.05) is 19.8 Å². The Labute approximate surface area is 138 Å². The fourth-order valence-electron chi connectivity index (χ4n) is 2.34. The number of methoxy groups -OCH3 is 1. The summed E-state index contributed by atoms with van der Waals surface area (Å²) >= 11 is 1.05. The van der Waals surface area contributed by atoms with E-state index in [1.807, 2.05) is 0 Å². The summed E-state index contributed by atoms with van der Waals surface area (Å²) in [6.07, 6.45) is -3.71. The summed E-state index contributed by atoms with van der Waals surface area (Å²) in [5.41, 5.74) is 4.69. The fourth-order valence-corrected chi connectivity index (χ4v) is 3.52. The van der Waals surface area contributed by atoms with Gasteiger partial charge >= 0.3 is 5.97 Å². The minimum Gasteiger partial charge on any atom is -0.480 e. The monoisotopic (exact) mass is 352 g/mol. The molecule has 0 aliphatic carbocycles. The highest BCUT2D eigenvalue weighted by atomic mass is 32.2. The van der Waals surface area contributed by atoms with Gasteiger partial charge in [0.05, 0.1) is 12.1 Å². The first-order valence-corrected chi connectivity index (χ1v) is 8.15. The van der Waals surface area contributed by atoms with Crippen molar-refractivity contribution in [2.75, 3.05) is 12.9 Å². The van der Waals surface area contributed by atoms with Crippen molar-refractivity contribution in [3.05, 3.63) is 0 Å². The van der Waals surface area contributed by atoms with Crippen LogP contribution in [0.5, 0.6) is 0 Å². The van der Waals surface area contributed by atoms with Crippen LogP contribution in [0.1, 0.15) is 13.8 Å². The molecule has 9 nitrogen and oxygen atoms in total. The molecule has 0 spiro atoms. The summed E-state index contributed by atoms with van der Waals surface area (Å²) in [4.78, 5) is 22.2. The van der Waals surface area contributed by atoms with Crippen LogP contribution in [0.25, 0.3) is 0 Å². The molecule has 1 rings (SSSR count). The van der Waals surface area contributed by atoms with Crippen molar-refractivity contribution < 1.29 is 34.4 Å². The zero-order valence-electron chi connectivity index (χ0n) is 13.2. The molecule has 0 aromatic rings. The number of nitrogens with two attached hydrogens (primary N) is 1. The van der Waals surface area contributed by atoms with Crippen LogP contribution in [0.15, 0.2) is 0 Å². The first-order valence-electron chi connectivity index (χ1n) is 7.10. The zero-order valence-corrected chi connectivity index (χ0v) is 14.0. The number of aliphatic hydroxyl groups is 2. The Hall–Kier alpha value is -0.910. The number of hydrogen-bond acceptors (Lipinski definition) is 8. The highest BCUT2D eigenvalue weighted by molar-refractivity contribution is 7.99. The van der Waals surface area contributed by atoms with E-state index in [2.05, 4.69) is 5.32 Å². The number of ether oxygens (including phenoxy) is 2. The van der Waals surface area contributed by atoms with Crippen LogP contribution in [0.4, 0.5) is 0 Å². The maximum absolute atomic E-state index is 11.4. The first-order chi connectivity index (χ1) is 10.7. The second-order valence-corrected chi connectivity index (χ2v) is 6.54. The molecule has 0 radical (unpaired) electrons. The van der Waals surface area contributed by atoms with Crippen molar-refractivity contribution in [1.82, 2.24) is 5.32 Å². The Bertz CT molecular complexity index is 423. The van der Waals surface area contributed by atoms with Gasteiger partial charge in [0.25, 0.3) is 0 Å². The standard InChI is InChI=1S/C13H24N2O7S/c1-5(16)10-11(21-3)9(18)8(15-6(2)17)13(22-10)23-4-7(14)12(19)20/h5,7-11,13,16,18H,4,14H2,1-3H3,(H,15,17)(H,19,20). The van der Waals surface area contributed by atoms with E-state index in [9.17, 15) is 19.8 Å². The number of aliphatic carboxylic acids is 1. The van der Waals surface area contributed by atoms with Gasteiger partial charge in [-0.2, -0.15) is 0 Å². The molecule has 1 fully saturated rings. The minimum atomic E-state index is -1.16. The predicted octanol–water partition coefficient (Wildman–Crippen LogP) is -1.88. The Balaban J connectivity index is 2.91. The van der Waals surface area contributed by atoms with Crippen molar-refractivity contribution >= 4 is 23.6 Å². The Kier molecular flexibility index (Phi) is 7.71. The smallest absolute Gasteiger partial charge is 0.321 e. The quantitative estimate of drug-likeness (QED) is 0.354. The fraction of sp³-hybridized carbons (Fsp3) is 0.846. The molecule has 6 N–H and O–H groups in total. The number of carboxylic acids is 1. The Morgan fingerprint density at radius 1 is 1.48 bits per heavy atom. The second kappa shape index (κ2) is 8.81. The normalized spacial score (nSPS) is 33.7. The average molecular weight is 352 g/mol. The molecule has 0 aromatic heterocycles. The molecule has 7 atom stereocenters. The first kappa shape index (κ1) is 20.1. The highest BCUT2D eigenvalue weighted by Crippen LogP contribution is 2.31. The maximum atomic E-state index is 11.4. The lowest BCUT2D eigenvalue weighted by atomic mass is 9.95. The number of aliphatic hydroxyl groups excluding tert-OH is 2. The Morgan fingerprint density at radius 3 is 2.52 bits per heavy atom. The molecule has 0 saturated carbocycles. The van der Waals surface area contributed by atoms with Crippen LogP contribution in [0.2, 0.25) is 0 Å². The lowest BCUT2D eigenvalue weighted by Gasteiger charge is -2.45. The van der Waals surface area contributed by atoms with Crippen LogP contribution in [0.3, 0.4) is 0 Å². The molecule has 0 bridgehead atoms. The third kappa shape index (κ3) is 5.30. The molecule has 134 valence electrons. The van der Waals surface area contributed by atoms with Gasteiger partial charge in [-0.15, -0.1) is 11.8 Å². The maximum Gasteiger partial charge on any atom is 0.321 e. The predicted molar refractivity (Wildman–Crippen MR) is 82.8 cm³/mol. The summed E-state index contributed by atoms with van der Waals surface area (Å²) in [5.74, 6) is -1.52. The number of carbonyl (C=O) groups excluding carboxylic acids is 1. The van der Waals surface area contributed by atoms with Crippen LogP contribution < -0.4 is 11.1 Å². The van der Waals surface area contributed by atoms with Gasteiger partial charge in [-0.05, 0) is 6.92 Å². The second-order valence-electron chi connectivity index (χ2n) is 5.40. The number of thioether (sulfide) groups is 1. The van der Waals surface area contributed by atoms with Gasteiger partial charge < -0.3 is 35.8 Å². The van der Waals surface area contributed by atoms with E-state index in [4.69, 9.17) is 20.3 Å². The SMILES string of the molecule is COC1C(O)C(NC(C)=O)C(SCC(N)C(=O)O)OC1C(C)O. The van der Waals surface area contributed by atoms with Crippen LogP contribution in [-0.2, 0) is 19.1 Å². The number of hydrogen-bond donors (Lipinski definition) is 5. The Morgan fingerprint density at radius 2 is 2.09 bits per heavy atom. The van der Waals surface area contributed by atoms with Crippen LogP contribution in [0, 0.1) is 0 Å². The van der Waals surface area contributed by atoms with Crippen molar-refractivity contribution in [3.63, 3.8) is 0 Å². The van der Waals surface area contributed by atoms with Gasteiger partial charge in [0.15, 0.2) is 0 Å². The lowest BCUT2D eigenvalue weighted by Crippen LogP contribution is -2.65. The van der Waals surface area contributed by atoms with E-state index in [-0.39, 0.29) is 11.7 Å². The summed E-state index contributed by atoms with van der Waals surface area (Å²) in [6.45, 7) is 2.78. The largest absolute Gasteiger partial charge is 0.480 e. The average Bonchev–Trinajstić information content (AvgIpc) is 2.46. The van der Waals surface area contributed by atoms with Gasteiger partial charge in [-0.3, -0.25) is 9.59 Å². The molecule has 10 heteroatoms. The van der Waals surface area contributed by atoms with Crippen molar-refractivity contribution in [2.45, 2.75) is 55.8 Å². The molecule has 1 saturated heterocycles. The van der Waals surface area contributed by atoms with Crippen LogP contribution in [-0.4, -0.2) is 82.0 Å². The van der Waals surface area contributed by atoms with E-state index in [0.717, 1.165) is 11.8 Å². The molecule has 1 aliphatic heterocycles. The van der Waals surface area contributed by atoms with E-state index >= 15 is 0 Å². The van der Waals surface area contributed by atoms with E-state index in [0.29, 0.717) is 0 Å². The molecule has 23 heavy (non-hydrogen) atoms.